The molecule has 0 rings (SSSR count). The van der Waals surface area contributed by atoms with E-state index >= 15 is 0 Å². The molecule has 24 heavy (non-hydrogen) atoms. The van der Waals surface area contributed by atoms with Crippen LogP contribution in [0.3, 0.4) is 0 Å². The summed E-state index contributed by atoms with van der Waals surface area (Å²) in [7, 11) is 0. The van der Waals surface area contributed by atoms with Crippen molar-refractivity contribution in [3.63, 3.8) is 0 Å². The number of allylic oxidation sites excluding steroid dienone is 6. The lowest BCUT2D eigenvalue weighted by atomic mass is 10.1. The molecule has 0 radical (unpaired) electrons. The SMILES string of the molecule is CCCCCC=CCC=CCCCCC=CCCCC(=O)OCC. The van der Waals surface area contributed by atoms with Crippen LogP contribution < -0.4 is 0 Å². The normalized spacial score (nSPS) is 11.9. The Morgan fingerprint density at radius 2 is 1.21 bits per heavy atom. The third-order valence-electron chi connectivity index (χ3n) is 3.80. The first-order chi connectivity index (χ1) is 11.8. The van der Waals surface area contributed by atoms with Gasteiger partial charge in [0.05, 0.1) is 6.61 Å². The average molecular weight is 335 g/mol. The summed E-state index contributed by atoms with van der Waals surface area (Å²) in [6.45, 7) is 4.57. The molecule has 0 saturated carbocycles. The molecule has 0 aromatic heterocycles. The molecule has 2 heteroatoms. The minimum atomic E-state index is -0.0755. The zero-order valence-electron chi connectivity index (χ0n) is 16.0. The lowest BCUT2D eigenvalue weighted by molar-refractivity contribution is -0.143. The molecule has 2 nitrogen and oxygen atoms in total. The highest BCUT2D eigenvalue weighted by Crippen LogP contribution is 2.05. The number of esters is 1. The Kier molecular flexibility index (Phi) is 18.7. The first kappa shape index (κ1) is 22.7. The molecule has 0 spiro atoms. The summed E-state index contributed by atoms with van der Waals surface area (Å²) in [4.78, 5) is 11.1. The van der Waals surface area contributed by atoms with Gasteiger partial charge in [-0.2, -0.15) is 0 Å². The predicted molar refractivity (Wildman–Crippen MR) is 105 cm³/mol. The second-order valence-electron chi connectivity index (χ2n) is 6.13. The number of ether oxygens (including phenoxy) is 1. The van der Waals surface area contributed by atoms with E-state index in [2.05, 4.69) is 43.4 Å². The van der Waals surface area contributed by atoms with Crippen LogP contribution in [0.5, 0.6) is 0 Å². The van der Waals surface area contributed by atoms with Crippen LogP contribution in [0, 0.1) is 0 Å². The molecule has 0 aromatic carbocycles. The van der Waals surface area contributed by atoms with Gasteiger partial charge in [0.2, 0.25) is 0 Å². The summed E-state index contributed by atoms with van der Waals surface area (Å²) in [5.74, 6) is -0.0755. The van der Waals surface area contributed by atoms with Gasteiger partial charge in [0.15, 0.2) is 0 Å². The van der Waals surface area contributed by atoms with Crippen molar-refractivity contribution in [3.05, 3.63) is 36.5 Å². The van der Waals surface area contributed by atoms with E-state index in [1.807, 2.05) is 6.92 Å². The molecule has 0 bridgehead atoms. The van der Waals surface area contributed by atoms with Crippen LogP contribution in [0.4, 0.5) is 0 Å². The maximum Gasteiger partial charge on any atom is 0.305 e. The van der Waals surface area contributed by atoms with Gasteiger partial charge in [-0.25, -0.2) is 0 Å². The van der Waals surface area contributed by atoms with Crippen LogP contribution in [0.2, 0.25) is 0 Å². The van der Waals surface area contributed by atoms with Crippen molar-refractivity contribution in [2.45, 2.75) is 90.9 Å². The average Bonchev–Trinajstić information content (AvgIpc) is 2.58. The molecule has 0 aliphatic rings. The number of unbranched alkanes of at least 4 members (excludes halogenated alkanes) is 7. The van der Waals surface area contributed by atoms with Crippen molar-refractivity contribution >= 4 is 5.97 Å². The zero-order valence-corrected chi connectivity index (χ0v) is 16.0. The molecule has 0 heterocycles. The zero-order chi connectivity index (χ0) is 17.7. The van der Waals surface area contributed by atoms with E-state index in [4.69, 9.17) is 4.74 Å². The smallest absolute Gasteiger partial charge is 0.305 e. The van der Waals surface area contributed by atoms with Crippen molar-refractivity contribution in [2.24, 2.45) is 0 Å². The number of carbonyl (C=O) groups excluding carboxylic acids is 1. The molecule has 0 aromatic rings. The Morgan fingerprint density at radius 1 is 0.708 bits per heavy atom. The molecule has 0 N–H and O–H groups in total. The molecule has 0 aliphatic heterocycles. The summed E-state index contributed by atoms with van der Waals surface area (Å²) in [6.07, 6.45) is 27.1. The predicted octanol–water partition coefficient (Wildman–Crippen LogP) is 6.92. The fraction of sp³-hybridized carbons (Fsp3) is 0.682. The molecule has 0 saturated heterocycles. The fourth-order valence-electron chi connectivity index (χ4n) is 2.38. The van der Waals surface area contributed by atoms with E-state index < -0.39 is 0 Å². The van der Waals surface area contributed by atoms with Crippen LogP contribution in [-0.2, 0) is 9.53 Å². The second-order valence-corrected chi connectivity index (χ2v) is 6.13. The monoisotopic (exact) mass is 334 g/mol. The summed E-state index contributed by atoms with van der Waals surface area (Å²) < 4.78 is 4.90. The van der Waals surface area contributed by atoms with Crippen molar-refractivity contribution in [1.29, 1.82) is 0 Å². The summed E-state index contributed by atoms with van der Waals surface area (Å²) in [5, 5.41) is 0. The van der Waals surface area contributed by atoms with Crippen molar-refractivity contribution in [3.8, 4) is 0 Å². The minimum absolute atomic E-state index is 0.0755. The van der Waals surface area contributed by atoms with Crippen LogP contribution in [-0.4, -0.2) is 12.6 Å². The molecule has 0 atom stereocenters. The van der Waals surface area contributed by atoms with Gasteiger partial charge in [0.25, 0.3) is 0 Å². The lowest BCUT2D eigenvalue weighted by Crippen LogP contribution is -2.02. The van der Waals surface area contributed by atoms with E-state index in [9.17, 15) is 4.79 Å². The van der Waals surface area contributed by atoms with E-state index in [-0.39, 0.29) is 5.97 Å². The topological polar surface area (TPSA) is 26.3 Å². The van der Waals surface area contributed by atoms with Gasteiger partial charge in [-0.05, 0) is 64.7 Å². The second kappa shape index (κ2) is 19.7. The van der Waals surface area contributed by atoms with Gasteiger partial charge in [-0.1, -0.05) is 56.2 Å². The highest BCUT2D eigenvalue weighted by molar-refractivity contribution is 5.69. The van der Waals surface area contributed by atoms with E-state index in [1.165, 1.54) is 44.9 Å². The van der Waals surface area contributed by atoms with Gasteiger partial charge in [0, 0.05) is 6.42 Å². The van der Waals surface area contributed by atoms with Crippen LogP contribution in [0.15, 0.2) is 36.5 Å². The van der Waals surface area contributed by atoms with E-state index in [0.717, 1.165) is 25.7 Å². The third-order valence-corrected chi connectivity index (χ3v) is 3.80. The molecule has 0 fully saturated rings. The number of hydrogen-bond donors (Lipinski definition) is 0. The number of carbonyl (C=O) groups is 1. The summed E-state index contributed by atoms with van der Waals surface area (Å²) in [6, 6.07) is 0. The van der Waals surface area contributed by atoms with Crippen molar-refractivity contribution in [2.75, 3.05) is 6.61 Å². The molecule has 138 valence electrons. The Hall–Kier alpha value is -1.31. The third kappa shape index (κ3) is 18.7. The van der Waals surface area contributed by atoms with Crippen LogP contribution >= 0.6 is 0 Å². The molecule has 0 aliphatic carbocycles. The summed E-state index contributed by atoms with van der Waals surface area (Å²) >= 11 is 0. The molecular formula is C22H38O2. The summed E-state index contributed by atoms with van der Waals surface area (Å²) in [5.41, 5.74) is 0. The van der Waals surface area contributed by atoms with E-state index in [1.54, 1.807) is 0 Å². The number of rotatable bonds is 16. The maximum atomic E-state index is 11.1. The number of hydrogen-bond acceptors (Lipinski definition) is 2. The highest BCUT2D eigenvalue weighted by Gasteiger charge is 1.98. The van der Waals surface area contributed by atoms with Gasteiger partial charge >= 0.3 is 5.97 Å². The Bertz CT molecular complexity index is 353. The Labute approximate surface area is 150 Å². The Balaban J connectivity index is 3.30. The van der Waals surface area contributed by atoms with Crippen molar-refractivity contribution in [1.82, 2.24) is 0 Å². The van der Waals surface area contributed by atoms with E-state index in [0.29, 0.717) is 13.0 Å². The quantitative estimate of drug-likeness (QED) is 0.174. The maximum absolute atomic E-state index is 11.1. The first-order valence-corrected chi connectivity index (χ1v) is 9.91. The standard InChI is InChI=1S/C22H38O2/c1-3-5-6-7-8-9-10-11-12-13-14-15-16-17-18-19-20-21-22(23)24-4-2/h8-9,11-12,17-18H,3-7,10,13-16,19-21H2,1-2H3. The Morgan fingerprint density at radius 3 is 1.75 bits per heavy atom. The van der Waals surface area contributed by atoms with Gasteiger partial charge < -0.3 is 4.74 Å². The largest absolute Gasteiger partial charge is 0.466 e. The lowest BCUT2D eigenvalue weighted by Gasteiger charge is -1.99. The first-order valence-electron chi connectivity index (χ1n) is 9.91. The molecular weight excluding hydrogens is 296 g/mol. The van der Waals surface area contributed by atoms with Gasteiger partial charge in [-0.3, -0.25) is 4.79 Å². The molecule has 0 amide bonds. The van der Waals surface area contributed by atoms with Gasteiger partial charge in [0.1, 0.15) is 0 Å². The minimum Gasteiger partial charge on any atom is -0.466 e. The van der Waals surface area contributed by atoms with Gasteiger partial charge in [-0.15, -0.1) is 0 Å². The van der Waals surface area contributed by atoms with Crippen molar-refractivity contribution < 1.29 is 9.53 Å². The van der Waals surface area contributed by atoms with Crippen LogP contribution in [0.1, 0.15) is 90.9 Å². The molecule has 0 unspecified atom stereocenters. The fourth-order valence-corrected chi connectivity index (χ4v) is 2.38. The van der Waals surface area contributed by atoms with Crippen LogP contribution in [0.25, 0.3) is 0 Å². The highest BCUT2D eigenvalue weighted by atomic mass is 16.5.